The lowest BCUT2D eigenvalue weighted by atomic mass is 10.00. The zero-order valence-corrected chi connectivity index (χ0v) is 58.6. The Balaban J connectivity index is 5.17. The highest BCUT2D eigenvalue weighted by atomic mass is 31.2. The maximum absolute atomic E-state index is 13.0. The molecule has 0 fully saturated rings. The summed E-state index contributed by atoms with van der Waals surface area (Å²) in [7, 11) is -9.89. The highest BCUT2D eigenvalue weighted by Crippen LogP contribution is 2.45. The summed E-state index contributed by atoms with van der Waals surface area (Å²) in [4.78, 5) is 72.3. The number of ether oxygens (including phenoxy) is 4. The lowest BCUT2D eigenvalue weighted by Crippen LogP contribution is -2.30. The number of aliphatic hydroxyl groups excluding tert-OH is 1. The third-order valence-corrected chi connectivity index (χ3v) is 18.3. The Morgan fingerprint density at radius 2 is 0.545 bits per heavy atom. The Hall–Kier alpha value is -1.94. The molecule has 0 radical (unpaired) electrons. The first-order chi connectivity index (χ1) is 42.6. The van der Waals surface area contributed by atoms with Gasteiger partial charge < -0.3 is 33.8 Å². The van der Waals surface area contributed by atoms with Gasteiger partial charge in [-0.3, -0.25) is 37.3 Å². The standard InChI is InChI=1S/C69H134O17P2/c1-6-10-13-16-19-21-23-25-26-27-28-29-30-31-33-35-38-44-49-54-68(73)85-64(59-80-67(72)53-48-43-37-34-32-24-22-20-17-14-11-7-2)60-83-87(75,76)81-56-63(70)57-82-88(77,78)84-61-65(58-79-66(71)52-47-42-36-18-15-12-8-3)86-69(74)55-50-45-40-39-41-46-51-62(5)9-4/h62-65,70H,6-61H2,1-5H3,(H,75,76)(H,77,78)/t62?,63-,64-,65-/m1/s1. The fraction of sp³-hybridized carbons (Fsp3) is 0.942. The van der Waals surface area contributed by atoms with Crippen LogP contribution in [0.25, 0.3) is 0 Å². The lowest BCUT2D eigenvalue weighted by molar-refractivity contribution is -0.161. The molecule has 19 heteroatoms. The van der Waals surface area contributed by atoms with Crippen molar-refractivity contribution in [1.82, 2.24) is 0 Å². The summed E-state index contributed by atoms with van der Waals surface area (Å²) in [5.74, 6) is -1.41. The summed E-state index contributed by atoms with van der Waals surface area (Å²) in [6.07, 6.45) is 48.8. The van der Waals surface area contributed by atoms with Crippen molar-refractivity contribution in [2.75, 3.05) is 39.6 Å². The number of hydrogen-bond donors (Lipinski definition) is 3. The monoisotopic (exact) mass is 1300 g/mol. The summed E-state index contributed by atoms with van der Waals surface area (Å²) in [6.45, 7) is 7.14. The second-order valence-electron chi connectivity index (χ2n) is 25.2. The summed E-state index contributed by atoms with van der Waals surface area (Å²) >= 11 is 0. The van der Waals surface area contributed by atoms with Crippen LogP contribution >= 0.6 is 15.6 Å². The normalized spacial score (nSPS) is 14.4. The van der Waals surface area contributed by atoms with E-state index in [-0.39, 0.29) is 25.7 Å². The van der Waals surface area contributed by atoms with Gasteiger partial charge >= 0.3 is 39.5 Å². The van der Waals surface area contributed by atoms with E-state index in [1.807, 2.05) is 0 Å². The van der Waals surface area contributed by atoms with E-state index in [1.54, 1.807) is 0 Å². The molecule has 3 unspecified atom stereocenters. The second kappa shape index (κ2) is 62.5. The molecule has 0 aliphatic heterocycles. The van der Waals surface area contributed by atoms with Gasteiger partial charge in [0.1, 0.15) is 19.3 Å². The van der Waals surface area contributed by atoms with Crippen molar-refractivity contribution in [3.63, 3.8) is 0 Å². The minimum absolute atomic E-state index is 0.103. The third kappa shape index (κ3) is 61.6. The molecule has 6 atom stereocenters. The molecule has 0 aromatic heterocycles. The molecule has 522 valence electrons. The molecule has 3 N–H and O–H groups in total. The van der Waals surface area contributed by atoms with Crippen molar-refractivity contribution < 1.29 is 80.2 Å². The molecule has 0 saturated carbocycles. The van der Waals surface area contributed by atoms with Crippen molar-refractivity contribution in [1.29, 1.82) is 0 Å². The number of esters is 4. The molecule has 88 heavy (non-hydrogen) atoms. The van der Waals surface area contributed by atoms with Crippen LogP contribution in [0.4, 0.5) is 0 Å². The number of phosphoric ester groups is 2. The van der Waals surface area contributed by atoms with Gasteiger partial charge in [-0.05, 0) is 31.6 Å². The minimum atomic E-state index is -4.95. The van der Waals surface area contributed by atoms with Crippen molar-refractivity contribution in [3.8, 4) is 0 Å². The van der Waals surface area contributed by atoms with Gasteiger partial charge in [-0.2, -0.15) is 0 Å². The maximum atomic E-state index is 13.0. The molecule has 17 nitrogen and oxygen atoms in total. The Kier molecular flexibility index (Phi) is 61.1. The summed E-state index contributed by atoms with van der Waals surface area (Å²) in [6, 6.07) is 0. The first-order valence-electron chi connectivity index (χ1n) is 36.2. The molecular weight excluding hydrogens is 1160 g/mol. The predicted octanol–water partition coefficient (Wildman–Crippen LogP) is 19.7. The second-order valence-corrected chi connectivity index (χ2v) is 28.1. The van der Waals surface area contributed by atoms with Crippen LogP contribution in [0, 0.1) is 5.92 Å². The van der Waals surface area contributed by atoms with Crippen molar-refractivity contribution in [2.45, 2.75) is 374 Å². The topological polar surface area (TPSA) is 237 Å². The molecule has 0 aromatic carbocycles. The van der Waals surface area contributed by atoms with Crippen LogP contribution in [0.2, 0.25) is 0 Å². The molecule has 0 aromatic rings. The Morgan fingerprint density at radius 3 is 0.807 bits per heavy atom. The number of aliphatic hydroxyl groups is 1. The molecule has 0 rings (SSSR count). The predicted molar refractivity (Wildman–Crippen MR) is 354 cm³/mol. The zero-order valence-electron chi connectivity index (χ0n) is 56.9. The Labute approximate surface area is 537 Å². The quantitative estimate of drug-likeness (QED) is 0.0222. The highest BCUT2D eigenvalue weighted by Gasteiger charge is 2.30. The fourth-order valence-corrected chi connectivity index (χ4v) is 12.0. The molecule has 0 spiro atoms. The summed E-state index contributed by atoms with van der Waals surface area (Å²) in [5.41, 5.74) is 0. The van der Waals surface area contributed by atoms with Crippen LogP contribution in [0.5, 0.6) is 0 Å². The fourth-order valence-electron chi connectivity index (χ4n) is 10.4. The van der Waals surface area contributed by atoms with E-state index < -0.39 is 97.5 Å². The Morgan fingerprint density at radius 1 is 0.318 bits per heavy atom. The number of phosphoric acid groups is 2. The van der Waals surface area contributed by atoms with Gasteiger partial charge in [0.25, 0.3) is 0 Å². The smallest absolute Gasteiger partial charge is 0.462 e. The summed E-state index contributed by atoms with van der Waals surface area (Å²) < 4.78 is 68.1. The van der Waals surface area contributed by atoms with E-state index in [0.717, 1.165) is 109 Å². The molecule has 0 saturated heterocycles. The van der Waals surface area contributed by atoms with Crippen LogP contribution in [0.3, 0.4) is 0 Å². The van der Waals surface area contributed by atoms with E-state index in [9.17, 15) is 43.2 Å². The summed E-state index contributed by atoms with van der Waals surface area (Å²) in [5, 5.41) is 10.6. The van der Waals surface area contributed by atoms with Gasteiger partial charge in [0, 0.05) is 25.7 Å². The van der Waals surface area contributed by atoms with Gasteiger partial charge in [0.2, 0.25) is 0 Å². The number of carbonyl (C=O) groups excluding carboxylic acids is 4. The maximum Gasteiger partial charge on any atom is 0.472 e. The number of hydrogen-bond acceptors (Lipinski definition) is 15. The van der Waals surface area contributed by atoms with Crippen molar-refractivity contribution >= 4 is 39.5 Å². The molecule has 0 bridgehead atoms. The Bertz CT molecular complexity index is 1710. The largest absolute Gasteiger partial charge is 0.472 e. The van der Waals surface area contributed by atoms with Gasteiger partial charge in [-0.25, -0.2) is 9.13 Å². The molecule has 0 aliphatic rings. The number of rotatable bonds is 69. The van der Waals surface area contributed by atoms with Crippen LogP contribution in [0.1, 0.15) is 356 Å². The van der Waals surface area contributed by atoms with Crippen molar-refractivity contribution in [2.24, 2.45) is 5.92 Å². The van der Waals surface area contributed by atoms with Crippen LogP contribution in [-0.4, -0.2) is 96.7 Å². The highest BCUT2D eigenvalue weighted by molar-refractivity contribution is 7.47. The number of carbonyl (C=O) groups is 4. The van der Waals surface area contributed by atoms with Gasteiger partial charge in [-0.15, -0.1) is 0 Å². The average molecular weight is 1300 g/mol. The van der Waals surface area contributed by atoms with Gasteiger partial charge in [0.15, 0.2) is 12.2 Å². The molecule has 0 heterocycles. The van der Waals surface area contributed by atoms with Crippen LogP contribution < -0.4 is 0 Å². The van der Waals surface area contributed by atoms with E-state index in [4.69, 9.17) is 37.0 Å². The zero-order chi connectivity index (χ0) is 64.9. The SMILES string of the molecule is CCCCCCCCCCCCCCCCCCCCCC(=O)O[C@H](COC(=O)CCCCCCCCCCCCCC)COP(=O)(O)OC[C@@H](O)COP(=O)(O)OC[C@@H](COC(=O)CCCCCCCCC)OC(=O)CCCCCCCCC(C)CC. The van der Waals surface area contributed by atoms with Crippen LogP contribution in [-0.2, 0) is 65.4 Å². The average Bonchev–Trinajstić information content (AvgIpc) is 3.64. The minimum Gasteiger partial charge on any atom is -0.462 e. The lowest BCUT2D eigenvalue weighted by Gasteiger charge is -2.21. The van der Waals surface area contributed by atoms with Crippen LogP contribution in [0.15, 0.2) is 0 Å². The third-order valence-electron chi connectivity index (χ3n) is 16.4. The number of unbranched alkanes of at least 4 members (excludes halogenated alkanes) is 40. The van der Waals surface area contributed by atoms with E-state index in [1.165, 1.54) is 167 Å². The van der Waals surface area contributed by atoms with E-state index >= 15 is 0 Å². The van der Waals surface area contributed by atoms with E-state index in [2.05, 4.69) is 34.6 Å². The van der Waals surface area contributed by atoms with E-state index in [0.29, 0.717) is 25.7 Å². The first kappa shape index (κ1) is 86.1. The van der Waals surface area contributed by atoms with Gasteiger partial charge in [0.05, 0.1) is 26.4 Å². The molecular formula is C69H134O17P2. The molecule has 0 amide bonds. The first-order valence-corrected chi connectivity index (χ1v) is 39.2. The van der Waals surface area contributed by atoms with Crippen molar-refractivity contribution in [3.05, 3.63) is 0 Å². The molecule has 0 aliphatic carbocycles. The van der Waals surface area contributed by atoms with Gasteiger partial charge in [-0.1, -0.05) is 304 Å².